The molecular formula is C34H45NO7. The second kappa shape index (κ2) is 11.9. The van der Waals surface area contributed by atoms with Crippen molar-refractivity contribution < 1.29 is 33.8 Å². The molecule has 0 radical (unpaired) electrons. The van der Waals surface area contributed by atoms with Crippen molar-refractivity contribution in [2.45, 2.75) is 90.1 Å². The molecule has 0 aromatic heterocycles. The Kier molecular flexibility index (Phi) is 8.66. The van der Waals surface area contributed by atoms with Crippen LogP contribution in [0.3, 0.4) is 0 Å². The predicted molar refractivity (Wildman–Crippen MR) is 157 cm³/mol. The van der Waals surface area contributed by atoms with Crippen molar-refractivity contribution in [1.29, 1.82) is 0 Å². The lowest BCUT2D eigenvalue weighted by atomic mass is 9.46. The van der Waals surface area contributed by atoms with Gasteiger partial charge >= 0.3 is 5.97 Å². The summed E-state index contributed by atoms with van der Waals surface area (Å²) < 4.78 is 10.4. The van der Waals surface area contributed by atoms with Gasteiger partial charge in [0.15, 0.2) is 12.4 Å². The van der Waals surface area contributed by atoms with Gasteiger partial charge in [-0.15, -0.1) is 0 Å². The number of carbonyl (C=O) groups is 4. The monoisotopic (exact) mass is 579 g/mol. The number of hydrogen-bond donors (Lipinski definition) is 2. The summed E-state index contributed by atoms with van der Waals surface area (Å²) in [6.07, 6.45) is 8.60. The number of benzene rings is 1. The number of fused-ring (bicyclic) bond motifs is 5. The first-order chi connectivity index (χ1) is 20.0. The van der Waals surface area contributed by atoms with E-state index in [9.17, 15) is 24.3 Å². The minimum Gasteiger partial charge on any atom is -0.497 e. The largest absolute Gasteiger partial charge is 0.497 e. The number of allylic oxidation sites excluding steroid dienone is 1. The van der Waals surface area contributed by atoms with Gasteiger partial charge in [0.2, 0.25) is 11.7 Å². The van der Waals surface area contributed by atoms with Gasteiger partial charge in [0.25, 0.3) is 0 Å². The Morgan fingerprint density at radius 2 is 1.71 bits per heavy atom. The maximum atomic E-state index is 13.4. The van der Waals surface area contributed by atoms with Crippen LogP contribution in [0.4, 0.5) is 0 Å². The first-order valence-corrected chi connectivity index (χ1v) is 15.5. The lowest BCUT2D eigenvalue weighted by Crippen LogP contribution is -2.58. The first kappa shape index (κ1) is 30.5. The average molecular weight is 580 g/mol. The molecule has 3 saturated carbocycles. The van der Waals surface area contributed by atoms with Crippen LogP contribution in [0, 0.1) is 28.6 Å². The Labute approximate surface area is 248 Å². The van der Waals surface area contributed by atoms with Crippen LogP contribution in [0.2, 0.25) is 0 Å². The summed E-state index contributed by atoms with van der Waals surface area (Å²) in [7, 11) is 1.61. The molecular weight excluding hydrogens is 534 g/mol. The van der Waals surface area contributed by atoms with E-state index in [4.69, 9.17) is 9.47 Å². The first-order valence-electron chi connectivity index (χ1n) is 15.5. The fourth-order valence-corrected chi connectivity index (χ4v) is 8.81. The average Bonchev–Trinajstić information content (AvgIpc) is 3.26. The maximum absolute atomic E-state index is 13.4. The van der Waals surface area contributed by atoms with Crippen molar-refractivity contribution in [2.75, 3.05) is 20.3 Å². The Balaban J connectivity index is 1.09. The lowest BCUT2D eigenvalue weighted by molar-refractivity contribution is -0.170. The summed E-state index contributed by atoms with van der Waals surface area (Å²) >= 11 is 0. The molecule has 6 atom stereocenters. The quantitative estimate of drug-likeness (QED) is 0.392. The number of ketones is 2. The van der Waals surface area contributed by atoms with Gasteiger partial charge in [0, 0.05) is 24.8 Å². The number of carbonyl (C=O) groups excluding carboxylic acids is 4. The Hall–Kier alpha value is -3.00. The number of hydrogen-bond acceptors (Lipinski definition) is 7. The van der Waals surface area contributed by atoms with E-state index in [1.165, 1.54) is 5.57 Å². The second-order valence-electron chi connectivity index (χ2n) is 13.4. The van der Waals surface area contributed by atoms with E-state index in [-0.39, 0.29) is 35.9 Å². The number of nitrogens with one attached hydrogen (secondary N) is 1. The van der Waals surface area contributed by atoms with Gasteiger partial charge in [0.05, 0.1) is 13.5 Å². The molecule has 0 spiro atoms. The van der Waals surface area contributed by atoms with Crippen molar-refractivity contribution in [2.24, 2.45) is 28.6 Å². The minimum atomic E-state index is -1.53. The van der Waals surface area contributed by atoms with E-state index in [1.54, 1.807) is 7.11 Å². The summed E-state index contributed by atoms with van der Waals surface area (Å²) in [6, 6.07) is 7.61. The molecule has 0 heterocycles. The number of amides is 1. The van der Waals surface area contributed by atoms with Crippen LogP contribution in [-0.4, -0.2) is 54.4 Å². The van der Waals surface area contributed by atoms with Crippen LogP contribution in [0.5, 0.6) is 5.75 Å². The molecule has 1 aromatic carbocycles. The van der Waals surface area contributed by atoms with Crippen molar-refractivity contribution in [3.63, 3.8) is 0 Å². The zero-order chi connectivity index (χ0) is 30.1. The molecule has 8 heteroatoms. The molecule has 1 aromatic rings. The third kappa shape index (κ3) is 5.54. The highest BCUT2D eigenvalue weighted by molar-refractivity contribution is 5.92. The summed E-state index contributed by atoms with van der Waals surface area (Å²) in [6.45, 7) is 4.34. The molecule has 0 bridgehead atoms. The maximum Gasteiger partial charge on any atom is 0.306 e. The van der Waals surface area contributed by atoms with Crippen LogP contribution in [0.25, 0.3) is 0 Å². The van der Waals surface area contributed by atoms with Crippen LogP contribution >= 0.6 is 0 Å². The highest BCUT2D eigenvalue weighted by atomic mass is 16.5. The molecule has 2 N–H and O–H groups in total. The number of aliphatic hydroxyl groups is 1. The summed E-state index contributed by atoms with van der Waals surface area (Å²) in [4.78, 5) is 50.1. The number of methoxy groups -OCH3 is 1. The number of ether oxygens (including phenoxy) is 2. The Bertz CT molecular complexity index is 1250. The number of esters is 1. The van der Waals surface area contributed by atoms with E-state index in [1.807, 2.05) is 30.3 Å². The molecule has 0 unspecified atom stereocenters. The van der Waals surface area contributed by atoms with Gasteiger partial charge < -0.3 is 19.9 Å². The summed E-state index contributed by atoms with van der Waals surface area (Å²) in [5.41, 5.74) is 0.296. The molecule has 1 amide bonds. The number of Topliss-reactive ketones (excluding diaryl/α,β-unsaturated/α-hetero) is 1. The van der Waals surface area contributed by atoms with Gasteiger partial charge in [-0.2, -0.15) is 0 Å². The van der Waals surface area contributed by atoms with Crippen molar-refractivity contribution in [1.82, 2.24) is 5.32 Å². The van der Waals surface area contributed by atoms with Crippen LogP contribution in [0.15, 0.2) is 35.9 Å². The van der Waals surface area contributed by atoms with E-state index in [0.717, 1.165) is 49.8 Å². The molecule has 4 aliphatic rings. The van der Waals surface area contributed by atoms with E-state index in [2.05, 4.69) is 19.2 Å². The molecule has 0 aliphatic heterocycles. The topological polar surface area (TPSA) is 119 Å². The molecule has 0 saturated heterocycles. The van der Waals surface area contributed by atoms with Crippen LogP contribution in [-0.2, 0) is 30.3 Å². The van der Waals surface area contributed by atoms with Gasteiger partial charge in [-0.1, -0.05) is 31.6 Å². The fraction of sp³-hybridized carbons (Fsp3) is 0.647. The van der Waals surface area contributed by atoms with Gasteiger partial charge in [-0.25, -0.2) is 0 Å². The highest BCUT2D eigenvalue weighted by Gasteiger charge is 2.66. The Morgan fingerprint density at radius 3 is 2.45 bits per heavy atom. The molecule has 3 fully saturated rings. The SMILES string of the molecule is COc1ccc(CCNC(=O)CCC(=O)OCC(=O)[C@@]2(O)CC[C@@H]3[C@H]4CCC5=CC(=O)CC[C@]5(C)[C@H]4CC[C@@]32C)cc1. The molecule has 42 heavy (non-hydrogen) atoms. The normalized spacial score (nSPS) is 33.5. The highest BCUT2D eigenvalue weighted by Crippen LogP contribution is 2.67. The number of rotatable bonds is 10. The van der Waals surface area contributed by atoms with E-state index < -0.39 is 29.4 Å². The summed E-state index contributed by atoms with van der Waals surface area (Å²) in [5, 5.41) is 14.6. The summed E-state index contributed by atoms with van der Waals surface area (Å²) in [5.74, 6) is 0.791. The molecule has 4 aliphatic carbocycles. The van der Waals surface area contributed by atoms with Gasteiger partial charge in [0.1, 0.15) is 11.4 Å². The lowest BCUT2D eigenvalue weighted by Gasteiger charge is -2.58. The standard InChI is InChI=1S/C34H45NO7/c1-32-16-12-24(36)20-23(32)6-9-26-27(32)13-17-33(2)28(26)14-18-34(33,40)29(37)21-42-31(39)11-10-30(38)35-19-15-22-4-7-25(41-3)8-5-22/h4-5,7-8,20,26-28,40H,6,9-19,21H2,1-3H3,(H,35,38)/t26-,27-,28+,32-,33-,34-/m0/s1. The third-order valence-corrected chi connectivity index (χ3v) is 11.4. The predicted octanol–water partition coefficient (Wildman–Crippen LogP) is 4.51. The van der Waals surface area contributed by atoms with Gasteiger partial charge in [-0.3, -0.25) is 19.2 Å². The van der Waals surface area contributed by atoms with E-state index in [0.29, 0.717) is 37.6 Å². The van der Waals surface area contributed by atoms with Gasteiger partial charge in [-0.05, 0) is 98.3 Å². The molecule has 8 nitrogen and oxygen atoms in total. The second-order valence-corrected chi connectivity index (χ2v) is 13.4. The van der Waals surface area contributed by atoms with Crippen LogP contribution in [0.1, 0.15) is 83.6 Å². The Morgan fingerprint density at radius 1 is 0.976 bits per heavy atom. The smallest absolute Gasteiger partial charge is 0.306 e. The van der Waals surface area contributed by atoms with E-state index >= 15 is 0 Å². The van der Waals surface area contributed by atoms with Crippen molar-refractivity contribution in [3.8, 4) is 5.75 Å². The zero-order valence-electron chi connectivity index (χ0n) is 25.2. The fourth-order valence-electron chi connectivity index (χ4n) is 8.81. The zero-order valence-corrected chi connectivity index (χ0v) is 25.2. The van der Waals surface area contributed by atoms with Crippen molar-refractivity contribution >= 4 is 23.4 Å². The molecule has 5 rings (SSSR count). The van der Waals surface area contributed by atoms with Crippen molar-refractivity contribution in [3.05, 3.63) is 41.5 Å². The minimum absolute atomic E-state index is 0.0242. The third-order valence-electron chi connectivity index (χ3n) is 11.4. The molecule has 228 valence electrons. The van der Waals surface area contributed by atoms with Crippen LogP contribution < -0.4 is 10.1 Å².